The van der Waals surface area contributed by atoms with E-state index in [-0.39, 0.29) is 0 Å². The number of nitrogens with one attached hydrogen (secondary N) is 1. The zero-order chi connectivity index (χ0) is 18.4. The second kappa shape index (κ2) is 9.40. The summed E-state index contributed by atoms with van der Waals surface area (Å²) in [5, 5.41) is 3.68. The highest BCUT2D eigenvalue weighted by molar-refractivity contribution is 9.10. The van der Waals surface area contributed by atoms with Crippen molar-refractivity contribution in [1.29, 1.82) is 0 Å². The lowest BCUT2D eigenvalue weighted by Gasteiger charge is -2.32. The molecule has 5 heteroatoms. The molecule has 0 aliphatic carbocycles. The number of likely N-dealkylation sites (tertiary alicyclic amines) is 1. The molecule has 2 aromatic carbocycles. The van der Waals surface area contributed by atoms with Gasteiger partial charge in [-0.15, -0.1) is 0 Å². The van der Waals surface area contributed by atoms with Crippen LogP contribution in [0.2, 0.25) is 0 Å². The fourth-order valence-electron chi connectivity index (χ4n) is 3.44. The van der Waals surface area contributed by atoms with E-state index >= 15 is 0 Å². The van der Waals surface area contributed by atoms with Crippen LogP contribution >= 0.6 is 15.9 Å². The van der Waals surface area contributed by atoms with E-state index in [4.69, 9.17) is 9.47 Å². The zero-order valence-electron chi connectivity index (χ0n) is 15.4. The van der Waals surface area contributed by atoms with Gasteiger partial charge in [-0.3, -0.25) is 4.90 Å². The Kier molecular flexibility index (Phi) is 6.94. The number of hydrogen-bond acceptors (Lipinski definition) is 4. The number of methoxy groups -OCH3 is 2. The maximum absolute atomic E-state index is 5.54. The monoisotopic (exact) mass is 417 g/mol. The number of piperidine rings is 1. The Labute approximate surface area is 164 Å². The van der Waals surface area contributed by atoms with Crippen molar-refractivity contribution in [3.05, 3.63) is 58.1 Å². The van der Waals surface area contributed by atoms with Crippen LogP contribution in [0.25, 0.3) is 0 Å². The van der Waals surface area contributed by atoms with Crippen LogP contribution in [0.4, 0.5) is 0 Å². The fraction of sp³-hybridized carbons (Fsp3) is 0.429. The summed E-state index contributed by atoms with van der Waals surface area (Å²) in [7, 11) is 3.31. The van der Waals surface area contributed by atoms with Crippen LogP contribution in [0.15, 0.2) is 40.9 Å². The Morgan fingerprint density at radius 1 is 1.15 bits per heavy atom. The predicted molar refractivity (Wildman–Crippen MR) is 108 cm³/mol. The van der Waals surface area contributed by atoms with E-state index in [2.05, 4.69) is 62.5 Å². The number of benzene rings is 2. The Morgan fingerprint density at radius 2 is 1.88 bits per heavy atom. The number of ether oxygens (including phenoxy) is 2. The van der Waals surface area contributed by atoms with Gasteiger partial charge in [0.15, 0.2) is 11.5 Å². The van der Waals surface area contributed by atoms with Crippen molar-refractivity contribution in [2.75, 3.05) is 27.3 Å². The van der Waals surface area contributed by atoms with Gasteiger partial charge in [-0.1, -0.05) is 46.3 Å². The molecule has 3 rings (SSSR count). The molecule has 2 aromatic rings. The van der Waals surface area contributed by atoms with Crippen molar-refractivity contribution >= 4 is 15.9 Å². The normalized spacial score (nSPS) is 15.8. The summed E-state index contributed by atoms with van der Waals surface area (Å²) in [5.41, 5.74) is 2.47. The molecule has 0 spiro atoms. The van der Waals surface area contributed by atoms with E-state index in [0.29, 0.717) is 11.8 Å². The summed E-state index contributed by atoms with van der Waals surface area (Å²) in [6.07, 6.45) is 2.31. The minimum atomic E-state index is 0.522. The average Bonchev–Trinajstić information content (AvgIpc) is 2.68. The third-order valence-corrected chi connectivity index (χ3v) is 5.62. The molecule has 0 saturated carbocycles. The van der Waals surface area contributed by atoms with E-state index in [9.17, 15) is 0 Å². The van der Waals surface area contributed by atoms with Crippen molar-refractivity contribution in [3.63, 3.8) is 0 Å². The van der Waals surface area contributed by atoms with Gasteiger partial charge in [0.25, 0.3) is 0 Å². The molecule has 1 aliphatic rings. The number of hydrogen-bond donors (Lipinski definition) is 1. The third kappa shape index (κ3) is 4.78. The van der Waals surface area contributed by atoms with Gasteiger partial charge in [0.2, 0.25) is 0 Å². The van der Waals surface area contributed by atoms with Crippen molar-refractivity contribution in [3.8, 4) is 11.5 Å². The van der Waals surface area contributed by atoms with E-state index < -0.39 is 0 Å². The van der Waals surface area contributed by atoms with Crippen LogP contribution in [0.5, 0.6) is 11.5 Å². The minimum Gasteiger partial charge on any atom is -0.492 e. The first-order chi connectivity index (χ1) is 12.7. The molecule has 139 valence electrons. The van der Waals surface area contributed by atoms with Gasteiger partial charge in [0.1, 0.15) is 0 Å². The first kappa shape index (κ1) is 19.2. The molecule has 0 atom stereocenters. The highest BCUT2D eigenvalue weighted by Gasteiger charge is 2.20. The van der Waals surface area contributed by atoms with E-state index in [1.54, 1.807) is 14.2 Å². The minimum absolute atomic E-state index is 0.522. The Balaban J connectivity index is 1.53. The Bertz CT molecular complexity index is 701. The van der Waals surface area contributed by atoms with Crippen LogP contribution in [0.1, 0.15) is 24.0 Å². The van der Waals surface area contributed by atoms with Crippen molar-refractivity contribution < 1.29 is 9.47 Å². The molecule has 0 bridgehead atoms. The molecule has 4 nitrogen and oxygen atoms in total. The van der Waals surface area contributed by atoms with Gasteiger partial charge in [-0.2, -0.15) is 0 Å². The molecule has 1 heterocycles. The molecule has 1 saturated heterocycles. The molecule has 1 N–H and O–H groups in total. The summed E-state index contributed by atoms with van der Waals surface area (Å²) < 4.78 is 11.9. The third-order valence-electron chi connectivity index (χ3n) is 4.91. The van der Waals surface area contributed by atoms with Gasteiger partial charge >= 0.3 is 0 Å². The molecular weight excluding hydrogens is 392 g/mol. The van der Waals surface area contributed by atoms with Gasteiger partial charge in [-0.25, -0.2) is 0 Å². The number of rotatable bonds is 7. The highest BCUT2D eigenvalue weighted by atomic mass is 79.9. The van der Waals surface area contributed by atoms with Crippen LogP contribution in [-0.4, -0.2) is 38.3 Å². The van der Waals surface area contributed by atoms with Crippen LogP contribution < -0.4 is 14.8 Å². The first-order valence-corrected chi connectivity index (χ1v) is 9.81. The van der Waals surface area contributed by atoms with Crippen LogP contribution in [-0.2, 0) is 13.1 Å². The standard InChI is InChI=1S/C21H26BrN2O2/c1-25-20-9-8-19(22)18(21(20)26-2)14-23-17-10-12-24(13-11-17)15-16-6-4-3-5-7-16/h3-8,17,23H,10-15H2,1-2H3. The van der Waals surface area contributed by atoms with E-state index in [1.807, 2.05) is 6.07 Å². The second-order valence-electron chi connectivity index (χ2n) is 6.60. The summed E-state index contributed by atoms with van der Waals surface area (Å²) in [5.74, 6) is 1.39. The van der Waals surface area contributed by atoms with Crippen LogP contribution in [0, 0.1) is 6.07 Å². The molecule has 0 unspecified atom stereocenters. The summed E-state index contributed by atoms with van der Waals surface area (Å²) in [6, 6.07) is 16.2. The summed E-state index contributed by atoms with van der Waals surface area (Å²) >= 11 is 3.61. The molecule has 1 aliphatic heterocycles. The van der Waals surface area contributed by atoms with Crippen molar-refractivity contribution in [2.45, 2.75) is 32.0 Å². The van der Waals surface area contributed by atoms with Crippen molar-refractivity contribution in [2.24, 2.45) is 0 Å². The maximum Gasteiger partial charge on any atom is 0.169 e. The lowest BCUT2D eigenvalue weighted by Crippen LogP contribution is -2.41. The molecule has 0 amide bonds. The largest absolute Gasteiger partial charge is 0.492 e. The van der Waals surface area contributed by atoms with E-state index in [0.717, 1.165) is 54.8 Å². The quantitative estimate of drug-likeness (QED) is 0.737. The molecular formula is C21H26BrN2O2. The lowest BCUT2D eigenvalue weighted by molar-refractivity contribution is 0.190. The smallest absolute Gasteiger partial charge is 0.169 e. The zero-order valence-corrected chi connectivity index (χ0v) is 17.0. The molecule has 0 aromatic heterocycles. The van der Waals surface area contributed by atoms with Gasteiger partial charge < -0.3 is 14.8 Å². The van der Waals surface area contributed by atoms with Crippen molar-refractivity contribution in [1.82, 2.24) is 10.2 Å². The van der Waals surface area contributed by atoms with Crippen LogP contribution in [0.3, 0.4) is 0 Å². The first-order valence-electron chi connectivity index (χ1n) is 9.02. The lowest BCUT2D eigenvalue weighted by atomic mass is 10.0. The average molecular weight is 418 g/mol. The SMILES string of the molecule is COc1[c]cc(Br)c(CNC2CCN(Cc3ccccc3)CC2)c1OC. The summed E-state index contributed by atoms with van der Waals surface area (Å²) in [6.45, 7) is 4.03. The number of nitrogens with zero attached hydrogens (tertiary/aromatic N) is 1. The Morgan fingerprint density at radius 3 is 2.54 bits per heavy atom. The predicted octanol–water partition coefficient (Wildman–Crippen LogP) is 4.02. The molecule has 1 fully saturated rings. The van der Waals surface area contributed by atoms with E-state index in [1.165, 1.54) is 5.56 Å². The van der Waals surface area contributed by atoms with Gasteiger partial charge in [0.05, 0.1) is 14.2 Å². The molecule has 26 heavy (non-hydrogen) atoms. The topological polar surface area (TPSA) is 33.7 Å². The fourth-order valence-corrected chi connectivity index (χ4v) is 3.88. The number of halogens is 1. The molecule has 1 radical (unpaired) electrons. The van der Waals surface area contributed by atoms with Gasteiger partial charge in [0, 0.05) is 35.2 Å². The maximum atomic E-state index is 5.54. The second-order valence-corrected chi connectivity index (χ2v) is 7.45. The summed E-state index contributed by atoms with van der Waals surface area (Å²) in [4.78, 5) is 2.53. The highest BCUT2D eigenvalue weighted by Crippen LogP contribution is 2.35. The van der Waals surface area contributed by atoms with Gasteiger partial charge in [-0.05, 0) is 37.6 Å². The Hall–Kier alpha value is -1.56.